The van der Waals surface area contributed by atoms with Crippen molar-refractivity contribution in [3.8, 4) is 20.9 Å². The summed E-state index contributed by atoms with van der Waals surface area (Å²) in [4.78, 5) is 30.6. The van der Waals surface area contributed by atoms with E-state index in [4.69, 9.17) is 0 Å². The van der Waals surface area contributed by atoms with Crippen LogP contribution in [0.15, 0.2) is 35.0 Å². The van der Waals surface area contributed by atoms with E-state index in [1.54, 1.807) is 22.7 Å². The SMILES string of the molecule is CCCCCCCCN1C(=O)c2c(c(-c3cccs3)c3nsnc3c2-c2cccs2)C1=O. The summed E-state index contributed by atoms with van der Waals surface area (Å²) in [5.41, 5.74) is 3.91. The monoisotopic (exact) mass is 481 g/mol. The van der Waals surface area contributed by atoms with Crippen molar-refractivity contribution in [1.82, 2.24) is 13.6 Å². The molecule has 0 saturated heterocycles. The van der Waals surface area contributed by atoms with Crippen LogP contribution in [0.4, 0.5) is 0 Å². The molecule has 0 saturated carbocycles. The topological polar surface area (TPSA) is 63.2 Å². The summed E-state index contributed by atoms with van der Waals surface area (Å²) in [5, 5.41) is 3.96. The van der Waals surface area contributed by atoms with E-state index >= 15 is 0 Å². The Morgan fingerprint density at radius 3 is 1.78 bits per heavy atom. The van der Waals surface area contributed by atoms with E-state index < -0.39 is 0 Å². The number of carbonyl (C=O) groups is 2. The second kappa shape index (κ2) is 9.21. The van der Waals surface area contributed by atoms with Gasteiger partial charge in [-0.25, -0.2) is 0 Å². The van der Waals surface area contributed by atoms with Gasteiger partial charge in [-0.3, -0.25) is 14.5 Å². The van der Waals surface area contributed by atoms with Crippen molar-refractivity contribution < 1.29 is 9.59 Å². The van der Waals surface area contributed by atoms with Crippen LogP contribution in [-0.2, 0) is 0 Å². The molecule has 0 spiro atoms. The summed E-state index contributed by atoms with van der Waals surface area (Å²) in [6, 6.07) is 7.89. The zero-order chi connectivity index (χ0) is 22.1. The summed E-state index contributed by atoms with van der Waals surface area (Å²) in [5.74, 6) is -0.399. The molecule has 0 bridgehead atoms. The lowest BCUT2D eigenvalue weighted by atomic mass is 9.93. The summed E-state index contributed by atoms with van der Waals surface area (Å²) in [6.07, 6.45) is 6.65. The third-order valence-electron chi connectivity index (χ3n) is 5.90. The van der Waals surface area contributed by atoms with E-state index in [1.165, 1.54) is 24.2 Å². The Balaban J connectivity index is 1.60. The van der Waals surface area contributed by atoms with Crippen LogP contribution in [0.3, 0.4) is 0 Å². The van der Waals surface area contributed by atoms with Gasteiger partial charge in [0, 0.05) is 27.4 Å². The Morgan fingerprint density at radius 1 is 0.750 bits per heavy atom. The molecule has 4 heterocycles. The molecule has 5 rings (SSSR count). The molecule has 8 heteroatoms. The van der Waals surface area contributed by atoms with Gasteiger partial charge in [0.05, 0.1) is 22.9 Å². The minimum absolute atomic E-state index is 0.199. The Morgan fingerprint density at radius 2 is 1.28 bits per heavy atom. The molecule has 32 heavy (non-hydrogen) atoms. The maximum absolute atomic E-state index is 13.6. The number of hydrogen-bond donors (Lipinski definition) is 0. The minimum Gasteiger partial charge on any atom is -0.274 e. The first-order valence-electron chi connectivity index (χ1n) is 11.0. The quantitative estimate of drug-likeness (QED) is 0.189. The Hall–Kier alpha value is -2.42. The lowest BCUT2D eigenvalue weighted by Gasteiger charge is -2.13. The molecule has 3 aromatic heterocycles. The first kappa shape index (κ1) is 21.4. The zero-order valence-corrected chi connectivity index (χ0v) is 20.2. The predicted octanol–water partition coefficient (Wildman–Crippen LogP) is 7.10. The first-order valence-corrected chi connectivity index (χ1v) is 13.5. The van der Waals surface area contributed by atoms with Crippen molar-refractivity contribution in [3.05, 3.63) is 46.2 Å². The van der Waals surface area contributed by atoms with Gasteiger partial charge in [-0.2, -0.15) is 8.75 Å². The molecule has 4 aromatic rings. The van der Waals surface area contributed by atoms with Crippen LogP contribution in [0.25, 0.3) is 31.9 Å². The van der Waals surface area contributed by atoms with E-state index in [1.807, 2.05) is 35.0 Å². The third-order valence-corrected chi connectivity index (χ3v) is 8.20. The maximum Gasteiger partial charge on any atom is 0.262 e. The highest BCUT2D eigenvalue weighted by Gasteiger charge is 2.42. The molecule has 5 nitrogen and oxygen atoms in total. The van der Waals surface area contributed by atoms with Gasteiger partial charge >= 0.3 is 0 Å². The van der Waals surface area contributed by atoms with E-state index in [9.17, 15) is 9.59 Å². The van der Waals surface area contributed by atoms with E-state index in [0.717, 1.165) is 51.9 Å². The molecular formula is C24H23N3O2S3. The highest BCUT2D eigenvalue weighted by Crippen LogP contribution is 2.46. The molecular weight excluding hydrogens is 458 g/mol. The number of hydrogen-bond acceptors (Lipinski definition) is 7. The summed E-state index contributed by atoms with van der Waals surface area (Å²) < 4.78 is 9.14. The molecule has 0 fully saturated rings. The Kier molecular flexibility index (Phi) is 6.17. The van der Waals surface area contributed by atoms with Gasteiger partial charge in [0.15, 0.2) is 0 Å². The van der Waals surface area contributed by atoms with Crippen LogP contribution in [-0.4, -0.2) is 32.0 Å². The first-order chi connectivity index (χ1) is 15.7. The second-order valence-electron chi connectivity index (χ2n) is 7.95. The second-order valence-corrected chi connectivity index (χ2v) is 10.4. The Labute approximate surface area is 199 Å². The summed E-state index contributed by atoms with van der Waals surface area (Å²) in [7, 11) is 0. The van der Waals surface area contributed by atoms with E-state index in [-0.39, 0.29) is 11.8 Å². The number of unbranched alkanes of at least 4 members (excludes halogenated alkanes) is 5. The molecule has 1 aliphatic rings. The fraction of sp³-hybridized carbons (Fsp3) is 0.333. The van der Waals surface area contributed by atoms with Crippen LogP contribution in [0.5, 0.6) is 0 Å². The number of thiophene rings is 2. The normalized spacial score (nSPS) is 13.5. The number of fused-ring (bicyclic) bond motifs is 2. The largest absolute Gasteiger partial charge is 0.274 e. The predicted molar refractivity (Wildman–Crippen MR) is 133 cm³/mol. The smallest absolute Gasteiger partial charge is 0.262 e. The van der Waals surface area contributed by atoms with Crippen LogP contribution >= 0.6 is 34.4 Å². The van der Waals surface area contributed by atoms with Crippen molar-refractivity contribution in [2.24, 2.45) is 0 Å². The van der Waals surface area contributed by atoms with Crippen LogP contribution in [0.2, 0.25) is 0 Å². The molecule has 0 N–H and O–H groups in total. The summed E-state index contributed by atoms with van der Waals surface area (Å²) in [6.45, 7) is 2.66. The molecule has 0 aliphatic carbocycles. The minimum atomic E-state index is -0.199. The van der Waals surface area contributed by atoms with Gasteiger partial charge in [-0.15, -0.1) is 22.7 Å². The van der Waals surface area contributed by atoms with Gasteiger partial charge in [0.1, 0.15) is 11.0 Å². The molecule has 0 unspecified atom stereocenters. The average molecular weight is 482 g/mol. The van der Waals surface area contributed by atoms with E-state index in [2.05, 4.69) is 15.7 Å². The van der Waals surface area contributed by atoms with Gasteiger partial charge < -0.3 is 0 Å². The van der Waals surface area contributed by atoms with Crippen molar-refractivity contribution in [2.45, 2.75) is 45.4 Å². The van der Waals surface area contributed by atoms with Crippen LogP contribution in [0.1, 0.15) is 66.2 Å². The summed E-state index contributed by atoms with van der Waals surface area (Å²) >= 11 is 4.24. The third kappa shape index (κ3) is 3.60. The van der Waals surface area contributed by atoms with Gasteiger partial charge in [0.25, 0.3) is 11.8 Å². The number of nitrogens with zero attached hydrogens (tertiary/aromatic N) is 3. The van der Waals surface area contributed by atoms with Crippen molar-refractivity contribution in [1.29, 1.82) is 0 Å². The Bertz CT molecular complexity index is 1170. The van der Waals surface area contributed by atoms with Crippen LogP contribution in [0, 0.1) is 0 Å². The lowest BCUT2D eigenvalue weighted by Crippen LogP contribution is -2.30. The molecule has 0 atom stereocenters. The number of carbonyl (C=O) groups excluding carboxylic acids is 2. The molecule has 0 radical (unpaired) electrons. The number of amides is 2. The van der Waals surface area contributed by atoms with Gasteiger partial charge in [-0.05, 0) is 29.3 Å². The van der Waals surface area contributed by atoms with Gasteiger partial charge in [-0.1, -0.05) is 51.2 Å². The fourth-order valence-corrected chi connectivity index (χ4v) is 6.48. The van der Waals surface area contributed by atoms with Crippen molar-refractivity contribution >= 4 is 57.2 Å². The lowest BCUT2D eigenvalue weighted by molar-refractivity contribution is 0.0652. The molecule has 2 amide bonds. The average Bonchev–Trinajstić information content (AvgIpc) is 3.59. The maximum atomic E-state index is 13.6. The number of aromatic nitrogens is 2. The number of rotatable bonds is 9. The highest BCUT2D eigenvalue weighted by molar-refractivity contribution is 7.14. The zero-order valence-electron chi connectivity index (χ0n) is 17.8. The van der Waals surface area contributed by atoms with Crippen molar-refractivity contribution in [3.63, 3.8) is 0 Å². The fourth-order valence-electron chi connectivity index (χ4n) is 4.37. The number of imide groups is 1. The molecule has 1 aromatic carbocycles. The standard InChI is InChI=1S/C24H23N3O2S3/c1-2-3-4-5-6-7-12-27-23(28)19-17(15-10-8-13-30-15)21-22(26-32-25-21)18(20(19)24(27)29)16-11-9-14-31-16/h8-11,13-14H,2-7,12H2,1H3. The van der Waals surface area contributed by atoms with Crippen molar-refractivity contribution in [2.75, 3.05) is 6.54 Å². The van der Waals surface area contributed by atoms with Crippen LogP contribution < -0.4 is 0 Å². The van der Waals surface area contributed by atoms with E-state index in [0.29, 0.717) is 28.7 Å². The highest BCUT2D eigenvalue weighted by atomic mass is 32.1. The number of benzene rings is 1. The van der Waals surface area contributed by atoms with Gasteiger partial charge in [0.2, 0.25) is 0 Å². The molecule has 164 valence electrons. The molecule has 1 aliphatic heterocycles.